The van der Waals surface area contributed by atoms with Gasteiger partial charge in [-0.3, -0.25) is 4.79 Å². The molecule has 21 heavy (non-hydrogen) atoms. The summed E-state index contributed by atoms with van der Waals surface area (Å²) in [5, 5.41) is 9.39. The van der Waals surface area contributed by atoms with Crippen LogP contribution in [0, 0.1) is 6.92 Å². The average Bonchev–Trinajstić information content (AvgIpc) is 2.84. The Morgan fingerprint density at radius 1 is 1.29 bits per heavy atom. The van der Waals surface area contributed by atoms with Gasteiger partial charge in [0.1, 0.15) is 17.3 Å². The van der Waals surface area contributed by atoms with Crippen LogP contribution in [0.1, 0.15) is 16.2 Å². The molecule has 0 fully saturated rings. The molecule has 0 saturated heterocycles. The molecule has 8 heteroatoms. The van der Waals surface area contributed by atoms with Crippen molar-refractivity contribution in [2.45, 2.75) is 6.92 Å². The van der Waals surface area contributed by atoms with Crippen LogP contribution in [0.2, 0.25) is 0 Å². The Hall–Kier alpha value is -2.48. The number of likely N-dealkylation sites (N-methyl/N-ethyl adjacent to an activating group) is 1. The number of aromatic nitrogens is 3. The molecule has 0 aliphatic carbocycles. The van der Waals surface area contributed by atoms with Crippen molar-refractivity contribution in [2.75, 3.05) is 37.8 Å². The van der Waals surface area contributed by atoms with Crippen LogP contribution >= 0.6 is 0 Å². The number of carbonyl (C=O) groups is 1. The summed E-state index contributed by atoms with van der Waals surface area (Å²) in [6, 6.07) is 1.63. The fraction of sp³-hybridized carbons (Fsp3) is 0.385. The van der Waals surface area contributed by atoms with Gasteiger partial charge in [-0.05, 0) is 21.0 Å². The Morgan fingerprint density at radius 3 is 2.67 bits per heavy atom. The Bertz CT molecular complexity index is 593. The Balaban J connectivity index is 1.90. The number of hydrogen-bond acceptors (Lipinski definition) is 7. The van der Waals surface area contributed by atoms with E-state index in [0.29, 0.717) is 17.4 Å². The number of hydrogen-bond donors (Lipinski definition) is 2. The molecule has 0 aliphatic rings. The number of nitrogens with zero attached hydrogens (tertiary/aromatic N) is 4. The number of rotatable bonds is 6. The summed E-state index contributed by atoms with van der Waals surface area (Å²) in [4.78, 5) is 22.2. The third kappa shape index (κ3) is 4.53. The van der Waals surface area contributed by atoms with Gasteiger partial charge in [-0.15, -0.1) is 0 Å². The Kier molecular flexibility index (Phi) is 4.83. The maximum absolute atomic E-state index is 11.9. The van der Waals surface area contributed by atoms with Crippen molar-refractivity contribution < 1.29 is 9.32 Å². The lowest BCUT2D eigenvalue weighted by Gasteiger charge is -2.10. The van der Waals surface area contributed by atoms with E-state index in [4.69, 9.17) is 4.52 Å². The molecule has 0 aromatic carbocycles. The Morgan fingerprint density at radius 2 is 2.10 bits per heavy atom. The standard InChI is InChI=1S/C13H18N6O2/c1-9-6-11(18-21-9)17-13(20)10-7-16-12(8-15-10)14-4-5-19(2)3/h6-8H,4-5H2,1-3H3,(H,14,16)(H,17,18,20). The van der Waals surface area contributed by atoms with Gasteiger partial charge in [0.05, 0.1) is 12.4 Å². The van der Waals surface area contributed by atoms with Gasteiger partial charge in [-0.25, -0.2) is 9.97 Å². The molecule has 2 N–H and O–H groups in total. The lowest BCUT2D eigenvalue weighted by molar-refractivity contribution is 0.102. The first-order chi connectivity index (χ1) is 10.0. The predicted octanol–water partition coefficient (Wildman–Crippen LogP) is 0.999. The zero-order chi connectivity index (χ0) is 15.2. The maximum atomic E-state index is 11.9. The number of anilines is 2. The van der Waals surface area contributed by atoms with Gasteiger partial charge in [0.2, 0.25) is 0 Å². The first kappa shape index (κ1) is 14.9. The van der Waals surface area contributed by atoms with E-state index in [1.165, 1.54) is 12.4 Å². The zero-order valence-electron chi connectivity index (χ0n) is 12.3. The number of carbonyl (C=O) groups excluding carboxylic acids is 1. The molecule has 0 unspecified atom stereocenters. The third-order valence-corrected chi connectivity index (χ3v) is 2.62. The van der Waals surface area contributed by atoms with Crippen molar-refractivity contribution in [3.05, 3.63) is 29.9 Å². The van der Waals surface area contributed by atoms with Crippen molar-refractivity contribution in [3.8, 4) is 0 Å². The summed E-state index contributed by atoms with van der Waals surface area (Å²) in [6.45, 7) is 3.39. The highest BCUT2D eigenvalue weighted by atomic mass is 16.5. The highest BCUT2D eigenvalue weighted by Crippen LogP contribution is 2.09. The van der Waals surface area contributed by atoms with Gasteiger partial charge in [-0.1, -0.05) is 5.16 Å². The topological polar surface area (TPSA) is 96.2 Å². The first-order valence-electron chi connectivity index (χ1n) is 6.50. The molecule has 1 amide bonds. The molecule has 2 aromatic heterocycles. The molecule has 0 atom stereocenters. The highest BCUT2D eigenvalue weighted by Gasteiger charge is 2.10. The van der Waals surface area contributed by atoms with Gasteiger partial charge in [0.25, 0.3) is 5.91 Å². The normalized spacial score (nSPS) is 10.7. The SMILES string of the molecule is Cc1cc(NC(=O)c2cnc(NCCN(C)C)cn2)no1. The number of amides is 1. The molecule has 8 nitrogen and oxygen atoms in total. The van der Waals surface area contributed by atoms with Crippen LogP contribution in [0.4, 0.5) is 11.6 Å². The van der Waals surface area contributed by atoms with Crippen molar-refractivity contribution in [3.63, 3.8) is 0 Å². The molecule has 0 spiro atoms. The summed E-state index contributed by atoms with van der Waals surface area (Å²) in [5.74, 6) is 1.23. The molecular formula is C13H18N6O2. The smallest absolute Gasteiger partial charge is 0.277 e. The first-order valence-corrected chi connectivity index (χ1v) is 6.50. The lowest BCUT2D eigenvalue weighted by Crippen LogP contribution is -2.21. The average molecular weight is 290 g/mol. The molecule has 0 bridgehead atoms. The monoisotopic (exact) mass is 290 g/mol. The van der Waals surface area contributed by atoms with E-state index in [-0.39, 0.29) is 11.6 Å². The quantitative estimate of drug-likeness (QED) is 0.819. The van der Waals surface area contributed by atoms with Gasteiger partial charge in [0.15, 0.2) is 5.82 Å². The minimum atomic E-state index is -0.379. The predicted molar refractivity (Wildman–Crippen MR) is 78.3 cm³/mol. The van der Waals surface area contributed by atoms with E-state index in [0.717, 1.165) is 13.1 Å². The van der Waals surface area contributed by atoms with Crippen LogP contribution in [0.5, 0.6) is 0 Å². The fourth-order valence-electron chi connectivity index (χ4n) is 1.55. The number of aryl methyl sites for hydroxylation is 1. The van der Waals surface area contributed by atoms with Gasteiger partial charge >= 0.3 is 0 Å². The summed E-state index contributed by atoms with van der Waals surface area (Å²) in [7, 11) is 3.98. The minimum absolute atomic E-state index is 0.216. The van der Waals surface area contributed by atoms with Crippen LogP contribution in [0.3, 0.4) is 0 Å². The summed E-state index contributed by atoms with van der Waals surface area (Å²) in [6.07, 6.45) is 2.94. The summed E-state index contributed by atoms with van der Waals surface area (Å²) >= 11 is 0. The van der Waals surface area contributed by atoms with E-state index in [9.17, 15) is 4.79 Å². The van der Waals surface area contributed by atoms with Crippen molar-refractivity contribution in [2.24, 2.45) is 0 Å². The molecular weight excluding hydrogens is 272 g/mol. The van der Waals surface area contributed by atoms with Crippen molar-refractivity contribution in [1.29, 1.82) is 0 Å². The van der Waals surface area contributed by atoms with E-state index >= 15 is 0 Å². The maximum Gasteiger partial charge on any atom is 0.277 e. The van der Waals surface area contributed by atoms with Crippen LogP contribution in [-0.2, 0) is 0 Å². The molecule has 0 aliphatic heterocycles. The second-order valence-electron chi connectivity index (χ2n) is 4.79. The molecule has 0 saturated carbocycles. The van der Waals surface area contributed by atoms with E-state index < -0.39 is 0 Å². The van der Waals surface area contributed by atoms with Gasteiger partial charge in [-0.2, -0.15) is 0 Å². The zero-order valence-corrected chi connectivity index (χ0v) is 12.3. The second kappa shape index (κ2) is 6.80. The van der Waals surface area contributed by atoms with Crippen molar-refractivity contribution >= 4 is 17.5 Å². The van der Waals surface area contributed by atoms with Gasteiger partial charge in [0, 0.05) is 19.2 Å². The highest BCUT2D eigenvalue weighted by molar-refractivity contribution is 6.02. The largest absolute Gasteiger partial charge is 0.368 e. The molecule has 2 heterocycles. The minimum Gasteiger partial charge on any atom is -0.368 e. The lowest BCUT2D eigenvalue weighted by atomic mass is 10.4. The molecule has 2 rings (SSSR count). The second-order valence-corrected chi connectivity index (χ2v) is 4.79. The molecule has 112 valence electrons. The molecule has 2 aromatic rings. The summed E-state index contributed by atoms with van der Waals surface area (Å²) < 4.78 is 4.87. The fourth-order valence-corrected chi connectivity index (χ4v) is 1.55. The number of nitrogens with one attached hydrogen (secondary N) is 2. The third-order valence-electron chi connectivity index (χ3n) is 2.62. The van der Waals surface area contributed by atoms with Crippen LogP contribution in [-0.4, -0.2) is 53.1 Å². The van der Waals surface area contributed by atoms with Crippen LogP contribution in [0.25, 0.3) is 0 Å². The van der Waals surface area contributed by atoms with E-state index in [1.807, 2.05) is 14.1 Å². The van der Waals surface area contributed by atoms with Crippen LogP contribution < -0.4 is 10.6 Å². The van der Waals surface area contributed by atoms with Crippen LogP contribution in [0.15, 0.2) is 23.0 Å². The Labute approximate surface area is 122 Å². The van der Waals surface area contributed by atoms with E-state index in [1.54, 1.807) is 13.0 Å². The van der Waals surface area contributed by atoms with Crippen molar-refractivity contribution in [1.82, 2.24) is 20.0 Å². The van der Waals surface area contributed by atoms with Gasteiger partial charge < -0.3 is 20.1 Å². The molecule has 0 radical (unpaired) electrons. The summed E-state index contributed by atoms with van der Waals surface area (Å²) in [5.41, 5.74) is 0.216. The van der Waals surface area contributed by atoms with E-state index in [2.05, 4.69) is 30.7 Å².